The van der Waals surface area contributed by atoms with Crippen LogP contribution in [0, 0.1) is 11.8 Å². The zero-order chi connectivity index (χ0) is 17.1. The summed E-state index contributed by atoms with van der Waals surface area (Å²) >= 11 is 6.47. The molecular formula is C19H18ClN3O2. The number of hydrogen-bond acceptors (Lipinski definition) is 3. The summed E-state index contributed by atoms with van der Waals surface area (Å²) in [4.78, 5) is 30.7. The van der Waals surface area contributed by atoms with E-state index in [-0.39, 0.29) is 29.7 Å². The number of rotatable bonds is 3. The Balaban J connectivity index is 1.52. The smallest absolute Gasteiger partial charge is 0.230 e. The summed E-state index contributed by atoms with van der Waals surface area (Å²) in [7, 11) is 0. The second-order valence-corrected chi connectivity index (χ2v) is 7.76. The van der Waals surface area contributed by atoms with E-state index < -0.39 is 0 Å². The van der Waals surface area contributed by atoms with E-state index >= 15 is 0 Å². The van der Waals surface area contributed by atoms with Gasteiger partial charge in [0.25, 0.3) is 0 Å². The van der Waals surface area contributed by atoms with Crippen molar-refractivity contribution in [3.63, 3.8) is 0 Å². The van der Waals surface area contributed by atoms with Gasteiger partial charge in [0.15, 0.2) is 0 Å². The number of amides is 2. The van der Waals surface area contributed by atoms with Gasteiger partial charge in [-0.2, -0.15) is 0 Å². The molecule has 128 valence electrons. The van der Waals surface area contributed by atoms with Crippen molar-refractivity contribution in [3.8, 4) is 0 Å². The highest BCUT2D eigenvalue weighted by Crippen LogP contribution is 2.44. The third-order valence-electron chi connectivity index (χ3n) is 5.60. The Bertz CT molecular complexity index is 909. The molecule has 2 atom stereocenters. The van der Waals surface area contributed by atoms with E-state index in [9.17, 15) is 9.59 Å². The lowest BCUT2D eigenvalue weighted by molar-refractivity contribution is -0.121. The molecular weight excluding hydrogens is 338 g/mol. The fraction of sp³-hybridized carbons (Fsp3) is 0.421. The van der Waals surface area contributed by atoms with Crippen LogP contribution < -0.4 is 10.2 Å². The van der Waals surface area contributed by atoms with Crippen molar-refractivity contribution in [3.05, 3.63) is 29.4 Å². The van der Waals surface area contributed by atoms with Crippen molar-refractivity contribution in [2.75, 3.05) is 10.2 Å². The van der Waals surface area contributed by atoms with Crippen LogP contribution in [0.1, 0.15) is 32.1 Å². The molecule has 1 N–H and O–H groups in total. The molecule has 6 heteroatoms. The maximum atomic E-state index is 12.5. The minimum absolute atomic E-state index is 0.0352. The number of halogens is 1. The van der Waals surface area contributed by atoms with Gasteiger partial charge in [-0.1, -0.05) is 11.6 Å². The number of nitrogens with zero attached hydrogens (tertiary/aromatic N) is 2. The number of carbonyl (C=O) groups is 2. The van der Waals surface area contributed by atoms with Crippen LogP contribution >= 0.6 is 11.6 Å². The summed E-state index contributed by atoms with van der Waals surface area (Å²) in [6, 6.07) is 5.92. The maximum Gasteiger partial charge on any atom is 0.230 e. The van der Waals surface area contributed by atoms with E-state index in [4.69, 9.17) is 11.6 Å². The van der Waals surface area contributed by atoms with Crippen LogP contribution in [0.4, 0.5) is 11.5 Å². The lowest BCUT2D eigenvalue weighted by atomic mass is 10.1. The molecule has 3 fully saturated rings. The monoisotopic (exact) mass is 355 g/mol. The number of aromatic nitrogens is 1. The molecule has 2 aliphatic carbocycles. The predicted molar refractivity (Wildman–Crippen MR) is 96.7 cm³/mol. The second kappa shape index (κ2) is 5.43. The van der Waals surface area contributed by atoms with Crippen molar-refractivity contribution < 1.29 is 9.59 Å². The molecule has 0 unspecified atom stereocenters. The lowest BCUT2D eigenvalue weighted by Gasteiger charge is -2.28. The number of fused-ring (bicyclic) bond motifs is 3. The Labute approximate surface area is 150 Å². The van der Waals surface area contributed by atoms with Crippen LogP contribution in [0.5, 0.6) is 0 Å². The average molecular weight is 356 g/mol. The number of piperidine rings is 1. The number of anilines is 2. The number of benzene rings is 1. The highest BCUT2D eigenvalue weighted by Gasteiger charge is 2.45. The van der Waals surface area contributed by atoms with Gasteiger partial charge < -0.3 is 10.2 Å². The molecule has 3 aliphatic rings. The molecule has 1 aliphatic heterocycles. The van der Waals surface area contributed by atoms with E-state index in [1.165, 1.54) is 0 Å². The Hall–Kier alpha value is -2.14. The summed E-state index contributed by atoms with van der Waals surface area (Å²) in [5.74, 6) is 1.06. The van der Waals surface area contributed by atoms with Gasteiger partial charge in [0, 0.05) is 29.5 Å². The zero-order valence-electron chi connectivity index (χ0n) is 13.7. The van der Waals surface area contributed by atoms with E-state index in [0.29, 0.717) is 10.8 Å². The molecule has 2 aromatic rings. The van der Waals surface area contributed by atoms with Gasteiger partial charge in [-0.15, -0.1) is 0 Å². The first-order valence-corrected chi connectivity index (χ1v) is 9.21. The maximum absolute atomic E-state index is 12.5. The topological polar surface area (TPSA) is 62.3 Å². The normalized spacial score (nSPS) is 25.0. The predicted octanol–water partition coefficient (Wildman–Crippen LogP) is 3.75. The zero-order valence-corrected chi connectivity index (χ0v) is 14.4. The summed E-state index contributed by atoms with van der Waals surface area (Å²) in [6.07, 6.45) is 6.60. The molecule has 1 aromatic carbocycles. The first kappa shape index (κ1) is 15.1. The Morgan fingerprint density at radius 2 is 2.00 bits per heavy atom. The summed E-state index contributed by atoms with van der Waals surface area (Å²) in [6.45, 7) is 0. The van der Waals surface area contributed by atoms with Crippen LogP contribution in [-0.2, 0) is 9.59 Å². The van der Waals surface area contributed by atoms with E-state index in [1.807, 2.05) is 23.1 Å². The van der Waals surface area contributed by atoms with Gasteiger partial charge in [0.1, 0.15) is 5.82 Å². The third kappa shape index (κ3) is 2.49. The summed E-state index contributed by atoms with van der Waals surface area (Å²) < 4.78 is 0. The van der Waals surface area contributed by atoms with E-state index in [0.717, 1.165) is 48.6 Å². The standard InChI is InChI=1S/C19H18ClN3O2/c20-15-6-13-9-21-17(22-18(24)10-1-2-10)8-12(13)7-16(15)23-14-4-3-11(5-14)19(23)25/h6-11,14H,1-5H2,(H,21,22,24)/t11-,14+/m1/s1. The summed E-state index contributed by atoms with van der Waals surface area (Å²) in [5, 5.41) is 5.27. The van der Waals surface area contributed by atoms with Gasteiger partial charge in [-0.05, 0) is 55.7 Å². The van der Waals surface area contributed by atoms with Crippen LogP contribution in [0.3, 0.4) is 0 Å². The molecule has 1 saturated heterocycles. The molecule has 5 rings (SSSR count). The summed E-state index contributed by atoms with van der Waals surface area (Å²) in [5.41, 5.74) is 0.775. The van der Waals surface area contributed by atoms with Gasteiger partial charge in [0.2, 0.25) is 11.8 Å². The van der Waals surface area contributed by atoms with Gasteiger partial charge in [-0.25, -0.2) is 4.98 Å². The number of hydrogen-bond donors (Lipinski definition) is 1. The molecule has 25 heavy (non-hydrogen) atoms. The minimum atomic E-state index is 0.0352. The van der Waals surface area contributed by atoms with Gasteiger partial charge in [-0.3, -0.25) is 9.59 Å². The first-order chi connectivity index (χ1) is 12.1. The molecule has 1 aromatic heterocycles. The first-order valence-electron chi connectivity index (χ1n) is 8.83. The Kier molecular flexibility index (Phi) is 3.29. The quantitative estimate of drug-likeness (QED) is 0.912. The van der Waals surface area contributed by atoms with E-state index in [1.54, 1.807) is 6.20 Å². The van der Waals surface area contributed by atoms with Crippen molar-refractivity contribution in [1.29, 1.82) is 0 Å². The highest BCUT2D eigenvalue weighted by atomic mass is 35.5. The third-order valence-corrected chi connectivity index (χ3v) is 5.91. The van der Waals surface area contributed by atoms with Crippen molar-refractivity contribution in [2.24, 2.45) is 11.8 Å². The lowest BCUT2D eigenvalue weighted by Crippen LogP contribution is -2.37. The number of nitrogens with one attached hydrogen (secondary N) is 1. The molecule has 0 radical (unpaired) electrons. The fourth-order valence-corrected chi connectivity index (χ4v) is 4.35. The SMILES string of the molecule is O=C(Nc1cc2cc(N3C(=O)[C@@H]4CC[C@H]3C4)c(Cl)cc2cn1)C1CC1. The van der Waals surface area contributed by atoms with Crippen LogP contribution in [0.25, 0.3) is 10.8 Å². The van der Waals surface area contributed by atoms with Gasteiger partial charge >= 0.3 is 0 Å². The average Bonchev–Trinajstić information content (AvgIpc) is 3.27. The molecule has 0 spiro atoms. The number of carbonyl (C=O) groups excluding carboxylic acids is 2. The van der Waals surface area contributed by atoms with Crippen molar-refractivity contribution >= 4 is 45.7 Å². The van der Waals surface area contributed by atoms with Crippen LogP contribution in [0.2, 0.25) is 5.02 Å². The largest absolute Gasteiger partial charge is 0.310 e. The second-order valence-electron chi connectivity index (χ2n) is 7.36. The van der Waals surface area contributed by atoms with Gasteiger partial charge in [0.05, 0.1) is 10.7 Å². The molecule has 5 nitrogen and oxygen atoms in total. The van der Waals surface area contributed by atoms with E-state index in [2.05, 4.69) is 10.3 Å². The minimum Gasteiger partial charge on any atom is -0.310 e. The fourth-order valence-electron chi connectivity index (χ4n) is 4.09. The molecule has 2 saturated carbocycles. The molecule has 2 amide bonds. The molecule has 2 heterocycles. The van der Waals surface area contributed by atoms with Crippen molar-refractivity contribution in [2.45, 2.75) is 38.1 Å². The van der Waals surface area contributed by atoms with Crippen LogP contribution in [-0.4, -0.2) is 22.8 Å². The Morgan fingerprint density at radius 1 is 1.16 bits per heavy atom. The Morgan fingerprint density at radius 3 is 2.72 bits per heavy atom. The van der Waals surface area contributed by atoms with Crippen molar-refractivity contribution in [1.82, 2.24) is 4.98 Å². The highest BCUT2D eigenvalue weighted by molar-refractivity contribution is 6.35. The number of pyridine rings is 1. The molecule has 2 bridgehead atoms. The van der Waals surface area contributed by atoms with Crippen LogP contribution in [0.15, 0.2) is 24.4 Å².